The van der Waals surface area contributed by atoms with Gasteiger partial charge in [-0.3, -0.25) is 4.90 Å². The van der Waals surface area contributed by atoms with E-state index < -0.39 is 8.07 Å². The second kappa shape index (κ2) is 7.25. The molecular formula is C17H31NSi. The Kier molecular flexibility index (Phi) is 6.28. The van der Waals surface area contributed by atoms with Crippen molar-refractivity contribution in [2.24, 2.45) is 5.92 Å². The predicted molar refractivity (Wildman–Crippen MR) is 89.8 cm³/mol. The lowest BCUT2D eigenvalue weighted by atomic mass is 10.1. The minimum Gasteiger partial charge on any atom is -0.299 e. The van der Waals surface area contributed by atoms with Crippen LogP contribution in [-0.4, -0.2) is 26.1 Å². The van der Waals surface area contributed by atoms with Crippen LogP contribution in [0.5, 0.6) is 0 Å². The van der Waals surface area contributed by atoms with Crippen LogP contribution in [0, 0.1) is 5.92 Å². The van der Waals surface area contributed by atoms with Crippen molar-refractivity contribution in [3.05, 3.63) is 29.8 Å². The van der Waals surface area contributed by atoms with Crippen molar-refractivity contribution in [2.75, 3.05) is 13.1 Å². The number of nitrogens with zero attached hydrogens (tertiary/aromatic N) is 1. The average Bonchev–Trinajstić information content (AvgIpc) is 2.37. The fourth-order valence-corrected chi connectivity index (χ4v) is 3.41. The van der Waals surface area contributed by atoms with Gasteiger partial charge in [-0.05, 0) is 18.0 Å². The second-order valence-corrected chi connectivity index (χ2v) is 11.9. The first kappa shape index (κ1) is 16.5. The Bertz CT molecular complexity index is 364. The molecule has 0 aliphatic rings. The number of rotatable bonds is 7. The average molecular weight is 278 g/mol. The zero-order valence-electron chi connectivity index (χ0n) is 13.7. The van der Waals surface area contributed by atoms with Gasteiger partial charge in [0.1, 0.15) is 0 Å². The van der Waals surface area contributed by atoms with Gasteiger partial charge in [0.15, 0.2) is 0 Å². The molecule has 0 amide bonds. The lowest BCUT2D eigenvalue weighted by molar-refractivity contribution is 0.238. The molecule has 1 aromatic rings. The highest BCUT2D eigenvalue weighted by Crippen LogP contribution is 2.10. The molecule has 1 nitrogen and oxygen atoms in total. The highest BCUT2D eigenvalue weighted by molar-refractivity contribution is 6.88. The topological polar surface area (TPSA) is 3.24 Å². The molecular weight excluding hydrogens is 246 g/mol. The Balaban J connectivity index is 2.65. The predicted octanol–water partition coefficient (Wildman–Crippen LogP) is 4.10. The minimum atomic E-state index is -1.15. The molecule has 0 saturated carbocycles. The number of benzene rings is 1. The summed E-state index contributed by atoms with van der Waals surface area (Å²) >= 11 is 0. The summed E-state index contributed by atoms with van der Waals surface area (Å²) in [4.78, 5) is 2.55. The normalized spacial score (nSPS) is 13.8. The summed E-state index contributed by atoms with van der Waals surface area (Å²) < 4.78 is 0. The quantitative estimate of drug-likeness (QED) is 0.678. The molecule has 0 bridgehead atoms. The van der Waals surface area contributed by atoms with Gasteiger partial charge in [-0.2, -0.15) is 0 Å². The minimum absolute atomic E-state index is 0.793. The first-order chi connectivity index (χ1) is 8.86. The van der Waals surface area contributed by atoms with Crippen molar-refractivity contribution in [1.82, 2.24) is 4.90 Å². The Morgan fingerprint density at radius 2 is 1.63 bits per heavy atom. The second-order valence-electron chi connectivity index (χ2n) is 6.79. The summed E-state index contributed by atoms with van der Waals surface area (Å²) in [5, 5.41) is 1.56. The van der Waals surface area contributed by atoms with Crippen LogP contribution in [0.25, 0.3) is 0 Å². The van der Waals surface area contributed by atoms with Crippen LogP contribution in [0.4, 0.5) is 0 Å². The molecule has 0 aromatic heterocycles. The molecule has 0 aliphatic heterocycles. The van der Waals surface area contributed by atoms with Crippen LogP contribution < -0.4 is 5.19 Å². The summed E-state index contributed by atoms with van der Waals surface area (Å²) in [5.74, 6) is 0.793. The van der Waals surface area contributed by atoms with Gasteiger partial charge < -0.3 is 0 Å². The zero-order chi connectivity index (χ0) is 14.5. The van der Waals surface area contributed by atoms with Crippen LogP contribution in [-0.2, 0) is 6.54 Å². The van der Waals surface area contributed by atoms with E-state index in [1.807, 2.05) is 0 Å². The molecule has 1 rings (SSSR count). The fourth-order valence-electron chi connectivity index (χ4n) is 2.24. The third-order valence-electron chi connectivity index (χ3n) is 3.94. The molecule has 1 unspecified atom stereocenters. The molecule has 0 heterocycles. The Hall–Kier alpha value is -0.603. The molecule has 0 saturated heterocycles. The highest BCUT2D eigenvalue weighted by Gasteiger charge is 2.16. The van der Waals surface area contributed by atoms with Crippen LogP contribution >= 0.6 is 0 Å². The van der Waals surface area contributed by atoms with Crippen LogP contribution in [0.15, 0.2) is 24.3 Å². The molecule has 1 aromatic carbocycles. The van der Waals surface area contributed by atoms with E-state index in [-0.39, 0.29) is 0 Å². The van der Waals surface area contributed by atoms with Crippen molar-refractivity contribution in [3.63, 3.8) is 0 Å². The van der Waals surface area contributed by atoms with Crippen molar-refractivity contribution in [3.8, 4) is 0 Å². The summed E-state index contributed by atoms with van der Waals surface area (Å²) in [5.41, 5.74) is 1.45. The van der Waals surface area contributed by atoms with Gasteiger partial charge in [0.05, 0.1) is 8.07 Å². The Labute approximate surface area is 121 Å². The lowest BCUT2D eigenvalue weighted by Crippen LogP contribution is -2.37. The molecule has 0 aliphatic carbocycles. The Morgan fingerprint density at radius 3 is 2.05 bits per heavy atom. The molecule has 108 valence electrons. The van der Waals surface area contributed by atoms with Gasteiger partial charge in [-0.15, -0.1) is 0 Å². The SMILES string of the molecule is CCC(C)CN(CC)Cc1ccc([Si](C)(C)C)cc1. The van der Waals surface area contributed by atoms with Gasteiger partial charge >= 0.3 is 0 Å². The van der Waals surface area contributed by atoms with E-state index in [0.717, 1.165) is 19.0 Å². The van der Waals surface area contributed by atoms with Gasteiger partial charge in [-0.1, -0.05) is 76.3 Å². The maximum atomic E-state index is 2.55. The van der Waals surface area contributed by atoms with Crippen LogP contribution in [0.1, 0.15) is 32.8 Å². The maximum absolute atomic E-state index is 2.55. The summed E-state index contributed by atoms with van der Waals surface area (Å²) in [6.45, 7) is 17.5. The van der Waals surface area contributed by atoms with E-state index in [4.69, 9.17) is 0 Å². The van der Waals surface area contributed by atoms with Crippen molar-refractivity contribution in [1.29, 1.82) is 0 Å². The monoisotopic (exact) mass is 277 g/mol. The van der Waals surface area contributed by atoms with Gasteiger partial charge in [0.25, 0.3) is 0 Å². The smallest absolute Gasteiger partial charge is 0.0775 e. The molecule has 2 heteroatoms. The fraction of sp³-hybridized carbons (Fsp3) is 0.647. The van der Waals surface area contributed by atoms with Gasteiger partial charge in [-0.25, -0.2) is 0 Å². The molecule has 0 radical (unpaired) electrons. The van der Waals surface area contributed by atoms with Crippen LogP contribution in [0.3, 0.4) is 0 Å². The molecule has 0 N–H and O–H groups in total. The van der Waals surface area contributed by atoms with E-state index >= 15 is 0 Å². The van der Waals surface area contributed by atoms with Crippen molar-refractivity contribution in [2.45, 2.75) is 53.4 Å². The van der Waals surface area contributed by atoms with E-state index in [1.165, 1.54) is 18.5 Å². The summed E-state index contributed by atoms with van der Waals surface area (Å²) in [6.07, 6.45) is 1.27. The Morgan fingerprint density at radius 1 is 1.05 bits per heavy atom. The molecule has 0 fully saturated rings. The summed E-state index contributed by atoms with van der Waals surface area (Å²) in [7, 11) is -1.15. The van der Waals surface area contributed by atoms with E-state index in [9.17, 15) is 0 Å². The van der Waals surface area contributed by atoms with E-state index in [0.29, 0.717) is 0 Å². The number of hydrogen-bond donors (Lipinski definition) is 0. The van der Waals surface area contributed by atoms with Gasteiger partial charge in [0, 0.05) is 13.1 Å². The third kappa shape index (κ3) is 5.49. The highest BCUT2D eigenvalue weighted by atomic mass is 28.3. The molecule has 19 heavy (non-hydrogen) atoms. The van der Waals surface area contributed by atoms with E-state index in [2.05, 4.69) is 69.6 Å². The first-order valence-corrected chi connectivity index (χ1v) is 11.2. The van der Waals surface area contributed by atoms with Gasteiger partial charge in [0.2, 0.25) is 0 Å². The maximum Gasteiger partial charge on any atom is 0.0775 e. The van der Waals surface area contributed by atoms with E-state index in [1.54, 1.807) is 5.19 Å². The van der Waals surface area contributed by atoms with Crippen molar-refractivity contribution >= 4 is 13.3 Å². The number of hydrogen-bond acceptors (Lipinski definition) is 1. The zero-order valence-corrected chi connectivity index (χ0v) is 14.7. The lowest BCUT2D eigenvalue weighted by Gasteiger charge is -2.24. The molecule has 1 atom stereocenters. The first-order valence-electron chi connectivity index (χ1n) is 7.68. The summed E-state index contributed by atoms with van der Waals surface area (Å²) in [6, 6.07) is 9.34. The molecule has 0 spiro atoms. The standard InChI is InChI=1S/C17H31NSi/c1-7-15(3)13-18(8-2)14-16-9-11-17(12-10-16)19(4,5)6/h9-12,15H,7-8,13-14H2,1-6H3. The third-order valence-corrected chi connectivity index (χ3v) is 6.01. The van der Waals surface area contributed by atoms with Crippen LogP contribution in [0.2, 0.25) is 19.6 Å². The van der Waals surface area contributed by atoms with Crippen molar-refractivity contribution < 1.29 is 0 Å². The largest absolute Gasteiger partial charge is 0.299 e.